The third-order valence-electron chi connectivity index (χ3n) is 3.85. The van der Waals surface area contributed by atoms with Crippen LogP contribution in [0.3, 0.4) is 0 Å². The molecule has 2 N–H and O–H groups in total. The molecule has 3 unspecified atom stereocenters. The molecule has 3 heteroatoms. The first-order valence-corrected chi connectivity index (χ1v) is 6.58. The molecule has 3 nitrogen and oxygen atoms in total. The maximum absolute atomic E-state index is 12.1. The van der Waals surface area contributed by atoms with Gasteiger partial charge in [0, 0.05) is 19.0 Å². The Labute approximate surface area is 99.4 Å². The summed E-state index contributed by atoms with van der Waals surface area (Å²) in [7, 11) is 0. The first-order valence-electron chi connectivity index (χ1n) is 6.58. The molecule has 1 amide bonds. The van der Waals surface area contributed by atoms with Crippen molar-refractivity contribution in [2.24, 2.45) is 17.6 Å². The molecule has 0 saturated carbocycles. The van der Waals surface area contributed by atoms with Gasteiger partial charge >= 0.3 is 0 Å². The van der Waals surface area contributed by atoms with Crippen LogP contribution in [0, 0.1) is 11.8 Å². The molecule has 0 aromatic heterocycles. The Morgan fingerprint density at radius 1 is 1.50 bits per heavy atom. The molecule has 1 aliphatic rings. The van der Waals surface area contributed by atoms with E-state index >= 15 is 0 Å². The summed E-state index contributed by atoms with van der Waals surface area (Å²) in [5.41, 5.74) is 5.70. The number of rotatable bonds is 4. The van der Waals surface area contributed by atoms with Crippen molar-refractivity contribution in [2.45, 2.75) is 52.5 Å². The van der Waals surface area contributed by atoms with Gasteiger partial charge in [0.15, 0.2) is 0 Å². The van der Waals surface area contributed by atoms with Crippen LogP contribution in [-0.4, -0.2) is 29.9 Å². The summed E-state index contributed by atoms with van der Waals surface area (Å²) in [4.78, 5) is 14.2. The van der Waals surface area contributed by atoms with Crippen molar-refractivity contribution >= 4 is 5.91 Å². The summed E-state index contributed by atoms with van der Waals surface area (Å²) in [5, 5.41) is 0. The number of piperidine rings is 1. The molecular weight excluding hydrogens is 200 g/mol. The molecule has 0 spiro atoms. The fourth-order valence-electron chi connectivity index (χ4n) is 2.28. The van der Waals surface area contributed by atoms with Gasteiger partial charge in [0.25, 0.3) is 0 Å². The van der Waals surface area contributed by atoms with Crippen molar-refractivity contribution in [1.82, 2.24) is 4.90 Å². The van der Waals surface area contributed by atoms with Crippen LogP contribution in [0.4, 0.5) is 0 Å². The van der Waals surface area contributed by atoms with E-state index in [4.69, 9.17) is 5.73 Å². The van der Waals surface area contributed by atoms with E-state index in [2.05, 4.69) is 20.8 Å². The summed E-state index contributed by atoms with van der Waals surface area (Å²) in [6, 6.07) is 0.402. The van der Waals surface area contributed by atoms with E-state index in [1.165, 1.54) is 6.42 Å². The van der Waals surface area contributed by atoms with Gasteiger partial charge in [-0.3, -0.25) is 4.79 Å². The van der Waals surface area contributed by atoms with Crippen LogP contribution >= 0.6 is 0 Å². The third kappa shape index (κ3) is 3.48. The predicted molar refractivity (Wildman–Crippen MR) is 67.0 cm³/mol. The molecule has 1 heterocycles. The van der Waals surface area contributed by atoms with E-state index in [1.54, 1.807) is 0 Å². The smallest absolute Gasteiger partial charge is 0.223 e. The summed E-state index contributed by atoms with van der Waals surface area (Å²) in [5.74, 6) is 1.33. The summed E-state index contributed by atoms with van der Waals surface area (Å²) < 4.78 is 0. The number of likely N-dealkylation sites (tertiary alicyclic amines) is 1. The maximum Gasteiger partial charge on any atom is 0.223 e. The molecule has 0 bridgehead atoms. The van der Waals surface area contributed by atoms with Gasteiger partial charge in [-0.15, -0.1) is 0 Å². The molecule has 1 saturated heterocycles. The Balaban J connectivity index is 2.51. The number of nitrogens with zero attached hydrogens (tertiary/aromatic N) is 1. The van der Waals surface area contributed by atoms with Gasteiger partial charge in [-0.2, -0.15) is 0 Å². The Morgan fingerprint density at radius 2 is 2.19 bits per heavy atom. The Kier molecular flexibility index (Phi) is 5.26. The highest BCUT2D eigenvalue weighted by molar-refractivity contribution is 5.76. The molecule has 0 aromatic carbocycles. The summed E-state index contributed by atoms with van der Waals surface area (Å²) in [6.07, 6.45) is 4.05. The molecule has 94 valence electrons. The molecule has 1 aliphatic heterocycles. The maximum atomic E-state index is 12.1. The molecule has 0 aromatic rings. The first kappa shape index (κ1) is 13.5. The van der Waals surface area contributed by atoms with E-state index in [-0.39, 0.29) is 0 Å². The van der Waals surface area contributed by atoms with Gasteiger partial charge < -0.3 is 10.6 Å². The molecule has 1 fully saturated rings. The van der Waals surface area contributed by atoms with Crippen LogP contribution in [-0.2, 0) is 4.79 Å². The average Bonchev–Trinajstić information content (AvgIpc) is 2.29. The lowest BCUT2D eigenvalue weighted by Gasteiger charge is -2.38. The van der Waals surface area contributed by atoms with E-state index in [1.807, 2.05) is 4.90 Å². The Hall–Kier alpha value is -0.570. The van der Waals surface area contributed by atoms with E-state index < -0.39 is 0 Å². The Morgan fingerprint density at radius 3 is 2.75 bits per heavy atom. The van der Waals surface area contributed by atoms with Crippen LogP contribution in [0.1, 0.15) is 46.5 Å². The van der Waals surface area contributed by atoms with Crippen molar-refractivity contribution in [3.8, 4) is 0 Å². The zero-order valence-electron chi connectivity index (χ0n) is 10.9. The van der Waals surface area contributed by atoms with Crippen molar-refractivity contribution in [3.05, 3.63) is 0 Å². The van der Waals surface area contributed by atoms with Crippen molar-refractivity contribution < 1.29 is 4.79 Å². The average molecular weight is 226 g/mol. The number of carbonyl (C=O) groups is 1. The van der Waals surface area contributed by atoms with Crippen LogP contribution in [0.5, 0.6) is 0 Å². The highest BCUT2D eigenvalue weighted by atomic mass is 16.2. The van der Waals surface area contributed by atoms with E-state index in [9.17, 15) is 4.79 Å². The quantitative estimate of drug-likeness (QED) is 0.797. The molecular formula is C13H26N2O. The van der Waals surface area contributed by atoms with Crippen LogP contribution in [0.2, 0.25) is 0 Å². The number of nitrogens with two attached hydrogens (primary N) is 1. The van der Waals surface area contributed by atoms with Crippen molar-refractivity contribution in [1.29, 1.82) is 0 Å². The Bertz CT molecular complexity index is 230. The number of hydrogen-bond donors (Lipinski definition) is 1. The second kappa shape index (κ2) is 6.24. The molecule has 3 atom stereocenters. The first-order chi connectivity index (χ1) is 7.58. The number of carbonyl (C=O) groups excluding carboxylic acids is 1. The largest absolute Gasteiger partial charge is 0.340 e. The van der Waals surface area contributed by atoms with Crippen LogP contribution in [0.15, 0.2) is 0 Å². The third-order valence-corrected chi connectivity index (χ3v) is 3.85. The fourth-order valence-corrected chi connectivity index (χ4v) is 2.28. The van der Waals surface area contributed by atoms with Gasteiger partial charge in [-0.05, 0) is 38.1 Å². The molecule has 16 heavy (non-hydrogen) atoms. The van der Waals surface area contributed by atoms with E-state index in [0.717, 1.165) is 19.4 Å². The predicted octanol–water partition coefficient (Wildman–Crippen LogP) is 2.01. The zero-order valence-corrected chi connectivity index (χ0v) is 10.9. The number of hydrogen-bond acceptors (Lipinski definition) is 2. The minimum absolute atomic E-state index is 0.319. The highest BCUT2D eigenvalue weighted by Crippen LogP contribution is 2.23. The van der Waals surface area contributed by atoms with Gasteiger partial charge in [0.1, 0.15) is 0 Å². The second-order valence-corrected chi connectivity index (χ2v) is 5.29. The fraction of sp³-hybridized carbons (Fsp3) is 0.923. The zero-order chi connectivity index (χ0) is 12.1. The normalized spacial score (nSPS) is 27.9. The van der Waals surface area contributed by atoms with Gasteiger partial charge in [-0.25, -0.2) is 0 Å². The van der Waals surface area contributed by atoms with Gasteiger partial charge in [-0.1, -0.05) is 20.3 Å². The van der Waals surface area contributed by atoms with Crippen LogP contribution < -0.4 is 5.73 Å². The number of amides is 1. The monoisotopic (exact) mass is 226 g/mol. The minimum Gasteiger partial charge on any atom is -0.340 e. The van der Waals surface area contributed by atoms with E-state index in [0.29, 0.717) is 36.8 Å². The molecule has 0 aliphatic carbocycles. The molecule has 0 radical (unpaired) electrons. The SMILES string of the molecule is CCC(C)CC(=O)N1CC(CN)CCC1C. The molecule has 1 rings (SSSR count). The lowest BCUT2D eigenvalue weighted by molar-refractivity contribution is -0.136. The standard InChI is InChI=1S/C13H26N2O/c1-4-10(2)7-13(16)15-9-12(8-14)6-5-11(15)3/h10-12H,4-9,14H2,1-3H3. The summed E-state index contributed by atoms with van der Waals surface area (Å²) in [6.45, 7) is 8.02. The lowest BCUT2D eigenvalue weighted by Crippen LogP contribution is -2.47. The van der Waals surface area contributed by atoms with Crippen LogP contribution in [0.25, 0.3) is 0 Å². The minimum atomic E-state index is 0.319. The highest BCUT2D eigenvalue weighted by Gasteiger charge is 2.28. The summed E-state index contributed by atoms with van der Waals surface area (Å²) >= 11 is 0. The van der Waals surface area contributed by atoms with Crippen molar-refractivity contribution in [3.63, 3.8) is 0 Å². The van der Waals surface area contributed by atoms with Gasteiger partial charge in [0.2, 0.25) is 5.91 Å². The van der Waals surface area contributed by atoms with Crippen molar-refractivity contribution in [2.75, 3.05) is 13.1 Å². The lowest BCUT2D eigenvalue weighted by atomic mass is 9.92. The topological polar surface area (TPSA) is 46.3 Å². The van der Waals surface area contributed by atoms with Gasteiger partial charge in [0.05, 0.1) is 0 Å². The second-order valence-electron chi connectivity index (χ2n) is 5.29.